The van der Waals surface area contributed by atoms with Crippen molar-refractivity contribution in [2.24, 2.45) is 16.2 Å². The Morgan fingerprint density at radius 2 is 1.61 bits per heavy atom. The molecule has 2 saturated carbocycles. The maximum Gasteiger partial charge on any atom is 0.251 e. The molecule has 8 nitrogen and oxygen atoms in total. The minimum absolute atomic E-state index is 0.0650. The van der Waals surface area contributed by atoms with E-state index in [0.29, 0.717) is 34.1 Å². The number of hydrogen-bond acceptors (Lipinski definition) is 7. The Labute approximate surface area is 262 Å². The van der Waals surface area contributed by atoms with Crippen LogP contribution >= 0.6 is 0 Å². The van der Waals surface area contributed by atoms with Crippen molar-refractivity contribution in [3.05, 3.63) is 53.6 Å². The third kappa shape index (κ3) is 5.54. The van der Waals surface area contributed by atoms with Gasteiger partial charge in [-0.3, -0.25) is 4.79 Å². The molecule has 0 radical (unpaired) electrons. The van der Waals surface area contributed by atoms with Gasteiger partial charge in [-0.25, -0.2) is 0 Å². The predicted molar refractivity (Wildman–Crippen MR) is 171 cm³/mol. The van der Waals surface area contributed by atoms with Crippen LogP contribution in [0.5, 0.6) is 11.5 Å². The molecule has 2 aromatic carbocycles. The van der Waals surface area contributed by atoms with Gasteiger partial charge in [0.15, 0.2) is 0 Å². The second-order valence-corrected chi connectivity index (χ2v) is 14.9. The lowest BCUT2D eigenvalue weighted by molar-refractivity contribution is -0.164. The highest BCUT2D eigenvalue weighted by atomic mass is 16.5. The smallest absolute Gasteiger partial charge is 0.251 e. The molecule has 1 amide bonds. The highest BCUT2D eigenvalue weighted by Gasteiger charge is 2.64. The van der Waals surface area contributed by atoms with Crippen molar-refractivity contribution in [1.29, 1.82) is 5.26 Å². The summed E-state index contributed by atoms with van der Waals surface area (Å²) in [7, 11) is 1.55. The topological polar surface area (TPSA) is 98.1 Å². The number of amides is 1. The van der Waals surface area contributed by atoms with E-state index in [1.165, 1.54) is 31.4 Å². The number of aliphatic hydroxyl groups excluding tert-OH is 1. The normalized spacial score (nSPS) is 26.2. The maximum atomic E-state index is 13.4. The number of nitriles is 1. The molecule has 0 bridgehead atoms. The monoisotopic (exact) mass is 600 g/mol. The number of anilines is 1. The Hall–Kier alpha value is -3.28. The molecule has 2 aliphatic carbocycles. The van der Waals surface area contributed by atoms with Crippen LogP contribution in [0.2, 0.25) is 0 Å². The van der Waals surface area contributed by atoms with Gasteiger partial charge in [-0.05, 0) is 74.9 Å². The van der Waals surface area contributed by atoms with Gasteiger partial charge >= 0.3 is 0 Å². The molecule has 1 spiro atoms. The summed E-state index contributed by atoms with van der Waals surface area (Å²) in [6.45, 7) is 12.8. The first kappa shape index (κ1) is 30.7. The molecule has 6 rings (SSSR count). The molecule has 4 aliphatic rings. The second kappa shape index (κ2) is 11.6. The first-order valence-electron chi connectivity index (χ1n) is 16.3. The first-order valence-corrected chi connectivity index (χ1v) is 16.3. The minimum atomic E-state index is -0.305. The number of ether oxygens (including phenoxy) is 2. The number of benzene rings is 2. The van der Waals surface area contributed by atoms with E-state index in [1.807, 2.05) is 12.1 Å². The van der Waals surface area contributed by atoms with Crippen LogP contribution in [-0.4, -0.2) is 73.5 Å². The molecule has 0 unspecified atom stereocenters. The fourth-order valence-corrected chi connectivity index (χ4v) is 8.90. The van der Waals surface area contributed by atoms with Crippen LogP contribution in [0.4, 0.5) is 5.69 Å². The Balaban J connectivity index is 1.01. The number of carbonyl (C=O) groups excluding carboxylic acids is 1. The first-order chi connectivity index (χ1) is 21.0. The van der Waals surface area contributed by atoms with Gasteiger partial charge in [0.2, 0.25) is 0 Å². The van der Waals surface area contributed by atoms with E-state index in [1.54, 1.807) is 25.3 Å². The number of methoxy groups -OCH3 is 1. The number of rotatable bonds is 7. The van der Waals surface area contributed by atoms with Crippen molar-refractivity contribution >= 4 is 11.6 Å². The molecule has 2 saturated heterocycles. The van der Waals surface area contributed by atoms with Crippen LogP contribution in [0, 0.1) is 27.6 Å². The van der Waals surface area contributed by atoms with Crippen molar-refractivity contribution in [2.75, 3.05) is 38.2 Å². The van der Waals surface area contributed by atoms with Crippen molar-refractivity contribution in [2.45, 2.75) is 90.5 Å². The van der Waals surface area contributed by atoms with E-state index in [2.05, 4.69) is 61.0 Å². The number of nitrogens with one attached hydrogen (secondary N) is 1. The lowest BCUT2D eigenvalue weighted by Gasteiger charge is -2.63. The summed E-state index contributed by atoms with van der Waals surface area (Å²) in [5.41, 5.74) is 2.15. The summed E-state index contributed by atoms with van der Waals surface area (Å²) >= 11 is 0. The lowest BCUT2D eigenvalue weighted by atomic mass is 9.49. The molecule has 2 N–H and O–H groups in total. The van der Waals surface area contributed by atoms with E-state index in [4.69, 9.17) is 9.47 Å². The Morgan fingerprint density at radius 1 is 0.977 bits per heavy atom. The molecular formula is C36H48N4O4. The molecule has 2 aromatic rings. The predicted octanol–water partition coefficient (Wildman–Crippen LogP) is 5.38. The molecule has 8 heteroatoms. The molecule has 0 aromatic heterocycles. The summed E-state index contributed by atoms with van der Waals surface area (Å²) in [4.78, 5) is 18.5. The van der Waals surface area contributed by atoms with Crippen LogP contribution in [-0.2, 0) is 0 Å². The van der Waals surface area contributed by atoms with E-state index in [-0.39, 0.29) is 35.0 Å². The molecule has 4 fully saturated rings. The molecule has 2 heterocycles. The van der Waals surface area contributed by atoms with Crippen molar-refractivity contribution in [1.82, 2.24) is 10.2 Å². The zero-order chi connectivity index (χ0) is 31.3. The van der Waals surface area contributed by atoms with Crippen LogP contribution < -0.4 is 19.7 Å². The van der Waals surface area contributed by atoms with Gasteiger partial charge in [-0.2, -0.15) is 5.26 Å². The largest absolute Gasteiger partial charge is 0.495 e. The van der Waals surface area contributed by atoms with Crippen molar-refractivity contribution < 1.29 is 19.4 Å². The van der Waals surface area contributed by atoms with E-state index >= 15 is 0 Å². The van der Waals surface area contributed by atoms with E-state index < -0.39 is 0 Å². The van der Waals surface area contributed by atoms with Crippen molar-refractivity contribution in [3.63, 3.8) is 0 Å². The number of carbonyl (C=O) groups is 1. The summed E-state index contributed by atoms with van der Waals surface area (Å²) in [5, 5.41) is 22.5. The van der Waals surface area contributed by atoms with Crippen LogP contribution in [0.3, 0.4) is 0 Å². The van der Waals surface area contributed by atoms with Gasteiger partial charge in [-0.1, -0.05) is 27.7 Å². The Kier molecular flexibility index (Phi) is 8.09. The summed E-state index contributed by atoms with van der Waals surface area (Å²) in [6.07, 6.45) is 6.70. The quantitative estimate of drug-likeness (QED) is 0.440. The van der Waals surface area contributed by atoms with Crippen molar-refractivity contribution in [3.8, 4) is 17.6 Å². The van der Waals surface area contributed by atoms with Gasteiger partial charge in [0.25, 0.3) is 5.91 Å². The highest BCUT2D eigenvalue weighted by Crippen LogP contribution is 2.56. The SMILES string of the molecule is COc1cc(OC2C(C)(C)C(NC(=O)c3ccc(N4CC5(CCC(N6CCC(O)CC6)CC5)C4)cc3)C2(C)C)ccc1C#N. The van der Waals surface area contributed by atoms with Crippen LogP contribution in [0.25, 0.3) is 0 Å². The summed E-state index contributed by atoms with van der Waals surface area (Å²) in [6, 6.07) is 16.1. The van der Waals surface area contributed by atoms with Gasteiger partial charge in [-0.15, -0.1) is 0 Å². The number of aliphatic hydroxyl groups is 1. The number of nitrogens with zero attached hydrogens (tertiary/aromatic N) is 3. The molecule has 2 aliphatic heterocycles. The third-order valence-corrected chi connectivity index (χ3v) is 11.2. The number of piperidine rings is 1. The zero-order valence-corrected chi connectivity index (χ0v) is 26.9. The summed E-state index contributed by atoms with van der Waals surface area (Å²) in [5.74, 6) is 1.07. The average Bonchev–Trinajstić information content (AvgIpc) is 3.01. The number of likely N-dealkylation sites (tertiary alicyclic amines) is 1. The standard InChI is InChI=1S/C36H48N4O4/c1-34(2)32(35(3,4)33(34)44-29-11-8-25(21-37)30(20-29)43-5)38-31(42)24-6-9-26(10-7-24)40-22-36(23-40)16-12-27(13-17-36)39-18-14-28(41)15-19-39/h6-11,20,27-28,32-33,41H,12-19,22-23H2,1-5H3,(H,38,42). The highest BCUT2D eigenvalue weighted by molar-refractivity contribution is 5.95. The molecule has 0 atom stereocenters. The molecule has 236 valence electrons. The van der Waals surface area contributed by atoms with E-state index in [0.717, 1.165) is 39.0 Å². The van der Waals surface area contributed by atoms with Crippen LogP contribution in [0.15, 0.2) is 42.5 Å². The Bertz CT molecular complexity index is 1370. The maximum absolute atomic E-state index is 13.4. The zero-order valence-electron chi connectivity index (χ0n) is 26.9. The molecular weight excluding hydrogens is 552 g/mol. The third-order valence-electron chi connectivity index (χ3n) is 11.2. The summed E-state index contributed by atoms with van der Waals surface area (Å²) < 4.78 is 11.8. The second-order valence-electron chi connectivity index (χ2n) is 14.9. The Morgan fingerprint density at radius 3 is 2.20 bits per heavy atom. The van der Waals surface area contributed by atoms with Gasteiger partial charge in [0.05, 0.1) is 18.8 Å². The van der Waals surface area contributed by atoms with Gasteiger partial charge < -0.3 is 29.7 Å². The van der Waals surface area contributed by atoms with Crippen LogP contribution in [0.1, 0.15) is 82.1 Å². The fraction of sp³-hybridized carbons (Fsp3) is 0.611. The van der Waals surface area contributed by atoms with E-state index in [9.17, 15) is 15.2 Å². The molecule has 44 heavy (non-hydrogen) atoms. The average molecular weight is 601 g/mol. The van der Waals surface area contributed by atoms with Gasteiger partial charge in [0.1, 0.15) is 23.7 Å². The van der Waals surface area contributed by atoms with Gasteiger partial charge in [0, 0.05) is 71.8 Å². The lowest BCUT2D eigenvalue weighted by Crippen LogP contribution is -2.74. The number of hydrogen-bond donors (Lipinski definition) is 2. The fourth-order valence-electron chi connectivity index (χ4n) is 8.90. The minimum Gasteiger partial charge on any atom is -0.495 e.